The van der Waals surface area contributed by atoms with Crippen molar-refractivity contribution in [2.24, 2.45) is 0 Å². The first-order valence-electron chi connectivity index (χ1n) is 6.09. The molecule has 0 amide bonds. The van der Waals surface area contributed by atoms with Crippen LogP contribution in [-0.2, 0) is 6.42 Å². The highest BCUT2D eigenvalue weighted by molar-refractivity contribution is 5.53. The summed E-state index contributed by atoms with van der Waals surface area (Å²) >= 11 is 0. The fourth-order valence-electron chi connectivity index (χ4n) is 1.87. The molecule has 0 unspecified atom stereocenters. The van der Waals surface area contributed by atoms with Crippen LogP contribution in [0.5, 0.6) is 0 Å². The van der Waals surface area contributed by atoms with Gasteiger partial charge in [0.15, 0.2) is 5.82 Å². The van der Waals surface area contributed by atoms with Crippen molar-refractivity contribution >= 4 is 5.82 Å². The largest absolute Gasteiger partial charge is 0.384 e. The van der Waals surface area contributed by atoms with Crippen LogP contribution >= 0.6 is 0 Å². The van der Waals surface area contributed by atoms with Gasteiger partial charge in [0.05, 0.1) is 5.56 Å². The molecule has 7 heteroatoms. The Morgan fingerprint density at radius 3 is 2.52 bits per heavy atom. The van der Waals surface area contributed by atoms with E-state index in [0.29, 0.717) is 22.8 Å². The number of nitrogen functional groups attached to an aromatic ring is 1. The molecule has 3 aromatic rings. The van der Waals surface area contributed by atoms with Crippen LogP contribution in [0.2, 0.25) is 0 Å². The van der Waals surface area contributed by atoms with E-state index in [1.165, 1.54) is 18.3 Å². The number of pyridine rings is 1. The summed E-state index contributed by atoms with van der Waals surface area (Å²) in [5, 5.41) is 3.78. The normalized spacial score (nSPS) is 10.8. The summed E-state index contributed by atoms with van der Waals surface area (Å²) in [6.07, 6.45) is 1.68. The number of halogens is 2. The molecule has 0 saturated heterocycles. The molecule has 0 radical (unpaired) electrons. The maximum absolute atomic E-state index is 13.1. The third kappa shape index (κ3) is 3.02. The highest BCUT2D eigenvalue weighted by atomic mass is 19.1. The van der Waals surface area contributed by atoms with Crippen LogP contribution in [0.25, 0.3) is 11.5 Å². The molecule has 0 spiro atoms. The van der Waals surface area contributed by atoms with Gasteiger partial charge in [0, 0.05) is 18.7 Å². The van der Waals surface area contributed by atoms with Crippen LogP contribution in [0.3, 0.4) is 0 Å². The number of nitrogens with two attached hydrogens (primary N) is 1. The van der Waals surface area contributed by atoms with Crippen molar-refractivity contribution in [1.29, 1.82) is 0 Å². The van der Waals surface area contributed by atoms with Gasteiger partial charge in [0.1, 0.15) is 17.5 Å². The lowest BCUT2D eigenvalue weighted by molar-refractivity contribution is 0.423. The first-order chi connectivity index (χ1) is 10.1. The zero-order valence-electron chi connectivity index (χ0n) is 10.8. The molecule has 0 saturated carbocycles. The van der Waals surface area contributed by atoms with Gasteiger partial charge in [-0.15, -0.1) is 0 Å². The van der Waals surface area contributed by atoms with Crippen molar-refractivity contribution in [2.45, 2.75) is 6.42 Å². The monoisotopic (exact) mass is 288 g/mol. The first kappa shape index (κ1) is 13.2. The lowest BCUT2D eigenvalue weighted by atomic mass is 10.1. The number of hydrogen-bond acceptors (Lipinski definition) is 5. The van der Waals surface area contributed by atoms with Crippen molar-refractivity contribution in [1.82, 2.24) is 15.1 Å². The van der Waals surface area contributed by atoms with E-state index in [9.17, 15) is 8.78 Å². The van der Waals surface area contributed by atoms with E-state index in [1.807, 2.05) is 0 Å². The Labute approximate surface area is 118 Å². The van der Waals surface area contributed by atoms with Crippen LogP contribution in [0.1, 0.15) is 11.4 Å². The van der Waals surface area contributed by atoms with Crippen molar-refractivity contribution in [3.8, 4) is 11.5 Å². The minimum atomic E-state index is -0.642. The topological polar surface area (TPSA) is 77.8 Å². The Bertz CT molecular complexity index is 751. The van der Waals surface area contributed by atoms with Crippen LogP contribution < -0.4 is 5.73 Å². The molecule has 2 aromatic heterocycles. The van der Waals surface area contributed by atoms with Gasteiger partial charge in [0.25, 0.3) is 5.89 Å². The second kappa shape index (κ2) is 5.28. The number of anilines is 1. The third-order valence-corrected chi connectivity index (χ3v) is 2.79. The highest BCUT2D eigenvalue weighted by Crippen LogP contribution is 2.18. The number of aromatic nitrogens is 3. The summed E-state index contributed by atoms with van der Waals surface area (Å²) in [6, 6.07) is 6.57. The molecule has 0 aliphatic rings. The number of benzene rings is 1. The summed E-state index contributed by atoms with van der Waals surface area (Å²) in [6.45, 7) is 0. The van der Waals surface area contributed by atoms with Crippen LogP contribution in [-0.4, -0.2) is 15.1 Å². The Morgan fingerprint density at radius 2 is 1.86 bits per heavy atom. The molecule has 0 aliphatic heterocycles. The molecule has 0 atom stereocenters. The lowest BCUT2D eigenvalue weighted by Gasteiger charge is -1.98. The van der Waals surface area contributed by atoms with Crippen LogP contribution in [0, 0.1) is 11.6 Å². The number of rotatable bonds is 3. The molecule has 0 aliphatic carbocycles. The van der Waals surface area contributed by atoms with Crippen molar-refractivity contribution < 1.29 is 13.3 Å². The lowest BCUT2D eigenvalue weighted by Crippen LogP contribution is -1.93. The van der Waals surface area contributed by atoms with Crippen LogP contribution in [0.4, 0.5) is 14.6 Å². The predicted molar refractivity (Wildman–Crippen MR) is 71.1 cm³/mol. The number of nitrogens with zero attached hydrogens (tertiary/aromatic N) is 3. The quantitative estimate of drug-likeness (QED) is 0.801. The Morgan fingerprint density at radius 1 is 1.10 bits per heavy atom. The molecule has 0 bridgehead atoms. The molecule has 5 nitrogen and oxygen atoms in total. The highest BCUT2D eigenvalue weighted by Gasteiger charge is 2.11. The van der Waals surface area contributed by atoms with E-state index in [1.54, 1.807) is 12.1 Å². The predicted octanol–water partition coefficient (Wildman–Crippen LogP) is 2.58. The van der Waals surface area contributed by atoms with Gasteiger partial charge in [0.2, 0.25) is 0 Å². The summed E-state index contributed by atoms with van der Waals surface area (Å²) in [4.78, 5) is 8.08. The third-order valence-electron chi connectivity index (χ3n) is 2.79. The van der Waals surface area contributed by atoms with Crippen molar-refractivity contribution in [3.05, 3.63) is 59.6 Å². The maximum Gasteiger partial charge on any atom is 0.259 e. The summed E-state index contributed by atoms with van der Waals surface area (Å²) in [7, 11) is 0. The van der Waals surface area contributed by atoms with E-state index in [4.69, 9.17) is 10.3 Å². The summed E-state index contributed by atoms with van der Waals surface area (Å²) in [5.41, 5.74) is 6.54. The molecular formula is C14H10F2N4O. The minimum Gasteiger partial charge on any atom is -0.384 e. The SMILES string of the molecule is Nc1ccc(-c2nc(Cc3cc(F)cc(F)c3)no2)cn1. The van der Waals surface area contributed by atoms with E-state index in [-0.39, 0.29) is 12.3 Å². The second-order valence-electron chi connectivity index (χ2n) is 4.44. The molecule has 2 N–H and O–H groups in total. The number of hydrogen-bond donors (Lipinski definition) is 1. The Balaban J connectivity index is 1.83. The molecule has 3 rings (SSSR count). The smallest absolute Gasteiger partial charge is 0.259 e. The van der Waals surface area contributed by atoms with Gasteiger partial charge in [-0.1, -0.05) is 5.16 Å². The van der Waals surface area contributed by atoms with Gasteiger partial charge >= 0.3 is 0 Å². The van der Waals surface area contributed by atoms with Gasteiger partial charge in [-0.05, 0) is 29.8 Å². The van der Waals surface area contributed by atoms with Gasteiger partial charge in [-0.25, -0.2) is 13.8 Å². The minimum absolute atomic E-state index is 0.167. The molecular weight excluding hydrogens is 278 g/mol. The van der Waals surface area contributed by atoms with Crippen molar-refractivity contribution in [3.63, 3.8) is 0 Å². The fourth-order valence-corrected chi connectivity index (χ4v) is 1.87. The van der Waals surface area contributed by atoms with E-state index < -0.39 is 11.6 Å². The van der Waals surface area contributed by atoms with Gasteiger partial charge in [-0.2, -0.15) is 4.98 Å². The average molecular weight is 288 g/mol. The van der Waals surface area contributed by atoms with Gasteiger partial charge in [-0.3, -0.25) is 0 Å². The molecule has 0 fully saturated rings. The summed E-state index contributed by atoms with van der Waals surface area (Å²) in [5.74, 6) is -0.303. The first-order valence-corrected chi connectivity index (χ1v) is 6.09. The van der Waals surface area contributed by atoms with E-state index >= 15 is 0 Å². The van der Waals surface area contributed by atoms with Gasteiger partial charge < -0.3 is 10.3 Å². The van der Waals surface area contributed by atoms with Crippen LogP contribution in [0.15, 0.2) is 41.1 Å². The van der Waals surface area contributed by atoms with E-state index in [0.717, 1.165) is 6.07 Å². The maximum atomic E-state index is 13.1. The average Bonchev–Trinajstić information content (AvgIpc) is 2.87. The van der Waals surface area contributed by atoms with Crippen molar-refractivity contribution in [2.75, 3.05) is 5.73 Å². The standard InChI is InChI=1S/C14H10F2N4O/c15-10-3-8(4-11(16)6-10)5-13-19-14(21-20-13)9-1-2-12(17)18-7-9/h1-4,6-7H,5H2,(H2,17,18). The zero-order chi connectivity index (χ0) is 14.8. The van der Waals surface area contributed by atoms with E-state index in [2.05, 4.69) is 15.1 Å². The summed E-state index contributed by atoms with van der Waals surface area (Å²) < 4.78 is 31.3. The molecule has 21 heavy (non-hydrogen) atoms. The Kier molecular flexibility index (Phi) is 3.31. The Hall–Kier alpha value is -2.83. The molecule has 106 valence electrons. The molecule has 1 aromatic carbocycles. The molecule has 2 heterocycles. The fraction of sp³-hybridized carbons (Fsp3) is 0.0714. The zero-order valence-corrected chi connectivity index (χ0v) is 10.8. The second-order valence-corrected chi connectivity index (χ2v) is 4.44.